The molecule has 1 aliphatic rings. The molecule has 3 nitrogen and oxygen atoms in total. The molecule has 0 saturated carbocycles. The highest BCUT2D eigenvalue weighted by Crippen LogP contribution is 2.33. The molecule has 98 valence electrons. The van der Waals surface area contributed by atoms with E-state index in [0.717, 1.165) is 22.5 Å². The summed E-state index contributed by atoms with van der Waals surface area (Å²) in [5.41, 5.74) is 1.11. The molecule has 4 heteroatoms. The molecular formula is C14H18BrNO2. The fraction of sp³-hybridized carbons (Fsp3) is 0.500. The van der Waals surface area contributed by atoms with Crippen LogP contribution < -0.4 is 9.64 Å². The summed E-state index contributed by atoms with van der Waals surface area (Å²) in [6.07, 6.45) is 0.629. The van der Waals surface area contributed by atoms with E-state index in [2.05, 4.69) is 33.8 Å². The number of hydrogen-bond donors (Lipinski definition) is 0. The molecule has 0 radical (unpaired) electrons. The lowest BCUT2D eigenvalue weighted by molar-refractivity contribution is -0.123. The van der Waals surface area contributed by atoms with Crippen molar-refractivity contribution in [3.05, 3.63) is 22.7 Å². The summed E-state index contributed by atoms with van der Waals surface area (Å²) in [6, 6.07) is 6.30. The fourth-order valence-electron chi connectivity index (χ4n) is 2.39. The van der Waals surface area contributed by atoms with E-state index >= 15 is 0 Å². The van der Waals surface area contributed by atoms with Crippen LogP contribution in [0.2, 0.25) is 0 Å². The normalized spacial score (nSPS) is 24.2. The van der Waals surface area contributed by atoms with Crippen LogP contribution in [-0.4, -0.2) is 25.5 Å². The highest BCUT2D eigenvalue weighted by Gasteiger charge is 2.31. The van der Waals surface area contributed by atoms with Crippen molar-refractivity contribution < 1.29 is 9.53 Å². The number of halogens is 1. The van der Waals surface area contributed by atoms with E-state index in [9.17, 15) is 4.79 Å². The van der Waals surface area contributed by atoms with Gasteiger partial charge in [-0.25, -0.2) is 0 Å². The Kier molecular flexibility index (Phi) is 3.95. The quantitative estimate of drug-likeness (QED) is 0.839. The van der Waals surface area contributed by atoms with Crippen molar-refractivity contribution in [1.29, 1.82) is 0 Å². The molecule has 0 aromatic heterocycles. The Labute approximate surface area is 116 Å². The van der Waals surface area contributed by atoms with Crippen LogP contribution >= 0.6 is 15.9 Å². The summed E-state index contributed by atoms with van der Waals surface area (Å²) in [5.74, 6) is 1.28. The number of ketones is 1. The maximum absolute atomic E-state index is 11.7. The van der Waals surface area contributed by atoms with Gasteiger partial charge < -0.3 is 9.64 Å². The molecule has 2 atom stereocenters. The average Bonchev–Trinajstić information content (AvgIpc) is 2.37. The molecule has 1 saturated heterocycles. The highest BCUT2D eigenvalue weighted by molar-refractivity contribution is 9.10. The second-order valence-electron chi connectivity index (χ2n) is 4.76. The Balaban J connectivity index is 2.28. The number of carbonyl (C=O) groups is 1. The molecule has 1 aliphatic heterocycles. The summed E-state index contributed by atoms with van der Waals surface area (Å²) in [4.78, 5) is 14.0. The Hall–Kier alpha value is -1.03. The summed E-state index contributed by atoms with van der Waals surface area (Å²) in [5, 5.41) is 0. The van der Waals surface area contributed by atoms with Crippen LogP contribution in [0.3, 0.4) is 0 Å². The monoisotopic (exact) mass is 311 g/mol. The molecule has 18 heavy (non-hydrogen) atoms. The molecular weight excluding hydrogens is 294 g/mol. The summed E-state index contributed by atoms with van der Waals surface area (Å²) in [7, 11) is 1.66. The van der Waals surface area contributed by atoms with Gasteiger partial charge in [-0.05, 0) is 35.0 Å². The van der Waals surface area contributed by atoms with E-state index in [1.54, 1.807) is 7.11 Å². The number of piperidine rings is 1. The number of anilines is 1. The van der Waals surface area contributed by atoms with Gasteiger partial charge in [0.1, 0.15) is 11.5 Å². The summed E-state index contributed by atoms with van der Waals surface area (Å²) < 4.78 is 6.27. The number of Topliss-reactive ketones (excluding diaryl/α,β-unsaturated/α-hetero) is 1. The first kappa shape index (κ1) is 13.4. The van der Waals surface area contributed by atoms with Crippen LogP contribution in [0, 0.1) is 5.92 Å². The van der Waals surface area contributed by atoms with E-state index < -0.39 is 0 Å². The van der Waals surface area contributed by atoms with Crippen molar-refractivity contribution in [2.45, 2.75) is 26.3 Å². The molecule has 0 spiro atoms. The van der Waals surface area contributed by atoms with E-state index in [1.165, 1.54) is 0 Å². The third-order valence-electron chi connectivity index (χ3n) is 3.79. The summed E-state index contributed by atoms with van der Waals surface area (Å²) in [6.45, 7) is 4.90. The lowest BCUT2D eigenvalue weighted by Gasteiger charge is -2.38. The van der Waals surface area contributed by atoms with Crippen molar-refractivity contribution in [2.24, 2.45) is 5.92 Å². The lowest BCUT2D eigenvalue weighted by Crippen LogP contribution is -2.46. The first-order chi connectivity index (χ1) is 8.54. The van der Waals surface area contributed by atoms with Gasteiger partial charge in [-0.1, -0.05) is 6.92 Å². The number of hydrogen-bond acceptors (Lipinski definition) is 3. The van der Waals surface area contributed by atoms with E-state index in [-0.39, 0.29) is 12.0 Å². The molecule has 1 fully saturated rings. The van der Waals surface area contributed by atoms with Crippen LogP contribution in [0.25, 0.3) is 0 Å². The van der Waals surface area contributed by atoms with E-state index in [1.807, 2.05) is 19.1 Å². The molecule has 2 unspecified atom stereocenters. The largest absolute Gasteiger partial charge is 0.495 e. The Bertz CT molecular complexity index is 461. The van der Waals surface area contributed by atoms with Crippen molar-refractivity contribution in [2.75, 3.05) is 18.6 Å². The standard InChI is InChI=1S/C14H18BrNO2/c1-9-10(2)16(7-6-13(9)17)11-4-5-12(15)14(8-11)18-3/h4-5,8-10H,6-7H2,1-3H3. The van der Waals surface area contributed by atoms with Crippen molar-refractivity contribution in [3.63, 3.8) is 0 Å². The van der Waals surface area contributed by atoms with Crippen LogP contribution in [0.15, 0.2) is 22.7 Å². The van der Waals surface area contributed by atoms with Crippen LogP contribution in [0.1, 0.15) is 20.3 Å². The molecule has 0 amide bonds. The SMILES string of the molecule is COc1cc(N2CCC(=O)C(C)C2C)ccc1Br. The minimum absolute atomic E-state index is 0.0911. The smallest absolute Gasteiger partial charge is 0.139 e. The first-order valence-corrected chi connectivity index (χ1v) is 6.96. The third kappa shape index (κ3) is 2.39. The second-order valence-corrected chi connectivity index (χ2v) is 5.61. The Morgan fingerprint density at radius 2 is 2.11 bits per heavy atom. The van der Waals surface area contributed by atoms with Gasteiger partial charge in [-0.2, -0.15) is 0 Å². The zero-order valence-corrected chi connectivity index (χ0v) is 12.5. The molecule has 1 heterocycles. The topological polar surface area (TPSA) is 29.5 Å². The molecule has 1 aromatic rings. The second kappa shape index (κ2) is 5.31. The number of methoxy groups -OCH3 is 1. The number of nitrogens with zero attached hydrogens (tertiary/aromatic N) is 1. The maximum Gasteiger partial charge on any atom is 0.139 e. The van der Waals surface area contributed by atoms with Gasteiger partial charge in [-0.3, -0.25) is 4.79 Å². The van der Waals surface area contributed by atoms with Crippen LogP contribution in [0.5, 0.6) is 5.75 Å². The minimum Gasteiger partial charge on any atom is -0.495 e. The van der Waals surface area contributed by atoms with Gasteiger partial charge in [0.2, 0.25) is 0 Å². The predicted molar refractivity (Wildman–Crippen MR) is 76.3 cm³/mol. The van der Waals surface area contributed by atoms with Crippen molar-refractivity contribution >= 4 is 27.4 Å². The molecule has 1 aromatic carbocycles. The zero-order valence-electron chi connectivity index (χ0n) is 10.9. The molecule has 0 aliphatic carbocycles. The van der Waals surface area contributed by atoms with Gasteiger partial charge in [-0.15, -0.1) is 0 Å². The van der Waals surface area contributed by atoms with Crippen LogP contribution in [0.4, 0.5) is 5.69 Å². The lowest BCUT2D eigenvalue weighted by atomic mass is 9.90. The van der Waals surface area contributed by atoms with Crippen molar-refractivity contribution in [3.8, 4) is 5.75 Å². The fourth-order valence-corrected chi connectivity index (χ4v) is 2.80. The highest BCUT2D eigenvalue weighted by atomic mass is 79.9. The number of rotatable bonds is 2. The predicted octanol–water partition coefficient (Wildman–Crippen LogP) is 3.26. The van der Waals surface area contributed by atoms with Gasteiger partial charge in [0, 0.05) is 36.7 Å². The minimum atomic E-state index is 0.0911. The third-order valence-corrected chi connectivity index (χ3v) is 4.44. The average molecular weight is 312 g/mol. The van der Waals surface area contributed by atoms with E-state index in [4.69, 9.17) is 4.74 Å². The van der Waals surface area contributed by atoms with Gasteiger partial charge in [0.25, 0.3) is 0 Å². The Morgan fingerprint density at radius 1 is 1.39 bits per heavy atom. The van der Waals surface area contributed by atoms with Gasteiger partial charge >= 0.3 is 0 Å². The van der Waals surface area contributed by atoms with Gasteiger partial charge in [0.05, 0.1) is 11.6 Å². The zero-order chi connectivity index (χ0) is 13.3. The first-order valence-electron chi connectivity index (χ1n) is 6.17. The molecule has 0 bridgehead atoms. The Morgan fingerprint density at radius 3 is 2.78 bits per heavy atom. The molecule has 0 N–H and O–H groups in total. The number of carbonyl (C=O) groups excluding carboxylic acids is 1. The maximum atomic E-state index is 11.7. The number of benzene rings is 1. The number of ether oxygens (including phenoxy) is 1. The molecule has 2 rings (SSSR count). The van der Waals surface area contributed by atoms with Crippen LogP contribution in [-0.2, 0) is 4.79 Å². The summed E-state index contributed by atoms with van der Waals surface area (Å²) >= 11 is 3.45. The van der Waals surface area contributed by atoms with Gasteiger partial charge in [0.15, 0.2) is 0 Å². The van der Waals surface area contributed by atoms with Crippen molar-refractivity contribution in [1.82, 2.24) is 0 Å². The van der Waals surface area contributed by atoms with E-state index in [0.29, 0.717) is 12.2 Å².